The van der Waals surface area contributed by atoms with Gasteiger partial charge in [0.1, 0.15) is 0 Å². The molecule has 4 nitrogen and oxygen atoms in total. The number of carboxylic acids is 1. The zero-order chi connectivity index (χ0) is 15.1. The van der Waals surface area contributed by atoms with Crippen LogP contribution in [0.15, 0.2) is 30.3 Å². The van der Waals surface area contributed by atoms with E-state index < -0.39 is 5.97 Å². The van der Waals surface area contributed by atoms with Crippen molar-refractivity contribution < 1.29 is 9.90 Å². The van der Waals surface area contributed by atoms with Crippen molar-refractivity contribution in [2.75, 3.05) is 25.0 Å². The summed E-state index contributed by atoms with van der Waals surface area (Å²) in [5.74, 6) is -0.784. The second-order valence-corrected chi connectivity index (χ2v) is 5.96. The second-order valence-electron chi connectivity index (χ2n) is 5.96. The molecule has 0 amide bonds. The SMILES string of the molecule is CN(CCCNC1CCCC(C(=O)O)C1)c1ccccc1. The summed E-state index contributed by atoms with van der Waals surface area (Å²) < 4.78 is 0. The Morgan fingerprint density at radius 1 is 1.33 bits per heavy atom. The maximum absolute atomic E-state index is 11.0. The van der Waals surface area contributed by atoms with Crippen LogP contribution in [-0.2, 0) is 4.79 Å². The van der Waals surface area contributed by atoms with Crippen LogP contribution in [0.25, 0.3) is 0 Å². The van der Waals surface area contributed by atoms with Crippen molar-refractivity contribution in [3.63, 3.8) is 0 Å². The smallest absolute Gasteiger partial charge is 0.306 e. The molecule has 1 saturated carbocycles. The molecule has 4 heteroatoms. The lowest BCUT2D eigenvalue weighted by molar-refractivity contribution is -0.143. The standard InChI is InChI=1S/C17H26N2O2/c1-19(16-9-3-2-4-10-16)12-6-11-18-15-8-5-7-14(13-15)17(20)21/h2-4,9-10,14-15,18H,5-8,11-13H2,1H3,(H,20,21). The monoisotopic (exact) mass is 290 g/mol. The predicted molar refractivity (Wildman–Crippen MR) is 85.7 cm³/mol. The molecule has 1 aliphatic rings. The minimum atomic E-state index is -0.634. The molecule has 1 aliphatic carbocycles. The minimum absolute atomic E-state index is 0.150. The highest BCUT2D eigenvalue weighted by Crippen LogP contribution is 2.24. The molecule has 2 N–H and O–H groups in total. The number of nitrogens with zero attached hydrogens (tertiary/aromatic N) is 1. The van der Waals surface area contributed by atoms with Crippen LogP contribution in [0.3, 0.4) is 0 Å². The lowest BCUT2D eigenvalue weighted by Crippen LogP contribution is -2.37. The number of aliphatic carboxylic acids is 1. The molecular formula is C17H26N2O2. The van der Waals surface area contributed by atoms with E-state index in [0.29, 0.717) is 6.04 Å². The van der Waals surface area contributed by atoms with Gasteiger partial charge in [0.2, 0.25) is 0 Å². The second kappa shape index (κ2) is 8.03. The molecule has 2 rings (SSSR count). The molecule has 0 aromatic heterocycles. The summed E-state index contributed by atoms with van der Waals surface area (Å²) in [5, 5.41) is 12.6. The normalized spacial score (nSPS) is 22.0. The number of hydrogen-bond acceptors (Lipinski definition) is 3. The van der Waals surface area contributed by atoms with E-state index in [2.05, 4.69) is 41.5 Å². The van der Waals surface area contributed by atoms with E-state index in [1.54, 1.807) is 0 Å². The van der Waals surface area contributed by atoms with Crippen LogP contribution in [0.1, 0.15) is 32.1 Å². The van der Waals surface area contributed by atoms with Crippen LogP contribution in [0.4, 0.5) is 5.69 Å². The van der Waals surface area contributed by atoms with Gasteiger partial charge in [0, 0.05) is 25.3 Å². The molecular weight excluding hydrogens is 264 g/mol. The van der Waals surface area contributed by atoms with Crippen LogP contribution in [0, 0.1) is 5.92 Å². The molecule has 1 fully saturated rings. The highest BCUT2D eigenvalue weighted by molar-refractivity contribution is 5.70. The third-order valence-electron chi connectivity index (χ3n) is 4.32. The first-order valence-corrected chi connectivity index (χ1v) is 7.89. The first kappa shape index (κ1) is 15.8. The Morgan fingerprint density at radius 3 is 2.81 bits per heavy atom. The molecule has 0 bridgehead atoms. The average Bonchev–Trinajstić information content (AvgIpc) is 2.52. The topological polar surface area (TPSA) is 52.6 Å². The van der Waals surface area contributed by atoms with Crippen molar-refractivity contribution in [2.45, 2.75) is 38.1 Å². The van der Waals surface area contributed by atoms with Crippen molar-refractivity contribution in [1.82, 2.24) is 5.32 Å². The third kappa shape index (κ3) is 5.05. The number of anilines is 1. The summed E-state index contributed by atoms with van der Waals surface area (Å²) in [5.41, 5.74) is 1.24. The molecule has 2 atom stereocenters. The highest BCUT2D eigenvalue weighted by atomic mass is 16.4. The van der Waals surface area contributed by atoms with Gasteiger partial charge in [-0.25, -0.2) is 0 Å². The Morgan fingerprint density at radius 2 is 2.10 bits per heavy atom. The number of nitrogens with one attached hydrogen (secondary N) is 1. The fourth-order valence-electron chi connectivity index (χ4n) is 3.03. The van der Waals surface area contributed by atoms with Gasteiger partial charge in [-0.3, -0.25) is 4.79 Å². The lowest BCUT2D eigenvalue weighted by Gasteiger charge is -2.28. The van der Waals surface area contributed by atoms with Gasteiger partial charge >= 0.3 is 5.97 Å². The maximum Gasteiger partial charge on any atom is 0.306 e. The first-order valence-electron chi connectivity index (χ1n) is 7.89. The lowest BCUT2D eigenvalue weighted by atomic mass is 9.86. The van der Waals surface area contributed by atoms with Crippen molar-refractivity contribution in [3.05, 3.63) is 30.3 Å². The summed E-state index contributed by atoms with van der Waals surface area (Å²) in [7, 11) is 2.11. The van der Waals surface area contributed by atoms with Gasteiger partial charge in [-0.2, -0.15) is 0 Å². The van der Waals surface area contributed by atoms with Crippen molar-refractivity contribution in [3.8, 4) is 0 Å². The van der Waals surface area contributed by atoms with Crippen LogP contribution in [-0.4, -0.2) is 37.3 Å². The van der Waals surface area contributed by atoms with Gasteiger partial charge < -0.3 is 15.3 Å². The summed E-state index contributed by atoms with van der Waals surface area (Å²) in [6, 6.07) is 10.7. The molecule has 0 aliphatic heterocycles. The molecule has 0 spiro atoms. The highest BCUT2D eigenvalue weighted by Gasteiger charge is 2.26. The average molecular weight is 290 g/mol. The van der Waals surface area contributed by atoms with Crippen molar-refractivity contribution in [1.29, 1.82) is 0 Å². The van der Waals surface area contributed by atoms with E-state index in [-0.39, 0.29) is 5.92 Å². The Labute approximate surface area is 127 Å². The van der Waals surface area contributed by atoms with Gasteiger partial charge in [0.15, 0.2) is 0 Å². The fourth-order valence-corrected chi connectivity index (χ4v) is 3.03. The number of carboxylic acid groups (broad SMARTS) is 1. The number of benzene rings is 1. The summed E-state index contributed by atoms with van der Waals surface area (Å²) in [6.45, 7) is 1.96. The van der Waals surface area contributed by atoms with E-state index >= 15 is 0 Å². The first-order chi connectivity index (χ1) is 10.2. The van der Waals surface area contributed by atoms with Gasteiger partial charge in [0.25, 0.3) is 0 Å². The molecule has 1 aromatic carbocycles. The zero-order valence-electron chi connectivity index (χ0n) is 12.8. The number of para-hydroxylation sites is 1. The van der Waals surface area contributed by atoms with Gasteiger partial charge in [0.05, 0.1) is 5.92 Å². The largest absolute Gasteiger partial charge is 0.481 e. The van der Waals surface area contributed by atoms with Crippen LogP contribution in [0.2, 0.25) is 0 Å². The van der Waals surface area contributed by atoms with Crippen molar-refractivity contribution in [2.24, 2.45) is 5.92 Å². The molecule has 0 heterocycles. The van der Waals surface area contributed by atoms with Crippen LogP contribution < -0.4 is 10.2 Å². The quantitative estimate of drug-likeness (QED) is 0.758. The number of hydrogen-bond donors (Lipinski definition) is 2. The summed E-state index contributed by atoms with van der Waals surface area (Å²) >= 11 is 0. The van der Waals surface area contributed by atoms with Crippen LogP contribution >= 0.6 is 0 Å². The Bertz CT molecular complexity index is 436. The van der Waals surface area contributed by atoms with Gasteiger partial charge in [-0.15, -0.1) is 0 Å². The number of rotatable bonds is 7. The third-order valence-corrected chi connectivity index (χ3v) is 4.32. The summed E-state index contributed by atoms with van der Waals surface area (Å²) in [4.78, 5) is 13.3. The predicted octanol–water partition coefficient (Wildman–Crippen LogP) is 2.75. The Hall–Kier alpha value is -1.55. The summed E-state index contributed by atoms with van der Waals surface area (Å²) in [6.07, 6.45) is 4.82. The molecule has 0 radical (unpaired) electrons. The maximum atomic E-state index is 11.0. The Kier molecular flexibility index (Phi) is 6.05. The molecule has 2 unspecified atom stereocenters. The van der Waals surface area contributed by atoms with E-state index in [1.807, 2.05) is 6.07 Å². The van der Waals surface area contributed by atoms with Crippen molar-refractivity contribution >= 4 is 11.7 Å². The molecule has 1 aromatic rings. The molecule has 21 heavy (non-hydrogen) atoms. The van der Waals surface area contributed by atoms with Crippen LogP contribution in [0.5, 0.6) is 0 Å². The zero-order valence-corrected chi connectivity index (χ0v) is 12.8. The Balaban J connectivity index is 1.64. The number of carbonyl (C=O) groups is 1. The van der Waals surface area contributed by atoms with Gasteiger partial charge in [-0.1, -0.05) is 24.6 Å². The van der Waals surface area contributed by atoms with E-state index in [1.165, 1.54) is 5.69 Å². The van der Waals surface area contributed by atoms with E-state index in [9.17, 15) is 4.79 Å². The van der Waals surface area contributed by atoms with E-state index in [0.717, 1.165) is 45.2 Å². The fraction of sp³-hybridized carbons (Fsp3) is 0.588. The van der Waals surface area contributed by atoms with E-state index in [4.69, 9.17) is 5.11 Å². The molecule has 0 saturated heterocycles. The molecule has 116 valence electrons. The van der Waals surface area contributed by atoms with Gasteiger partial charge in [-0.05, 0) is 44.4 Å². The minimum Gasteiger partial charge on any atom is -0.481 e.